The number of likely N-dealkylation sites (tertiary alicyclic amines) is 2. The standard InChI is InChI=1S/C30H39N3O6/c1-5-24(20-27(35)38-25-11-7-6-8-12-25)31-28(36)23-10-9-17-33(21-23)26(34)14-13-22-15-18-32(19-16-22)29(37)39-30(2,3)4/h1,6-8,11-14,22-24H,9-10,15-21H2,2-4H3,(H,31,36)/b14-13+/t23-,24-/m1/s1. The fraction of sp³-hybridized carbons (Fsp3) is 0.533. The number of terminal acetylenes is 1. The molecule has 2 fully saturated rings. The largest absolute Gasteiger partial charge is 0.444 e. The van der Waals surface area contributed by atoms with E-state index in [4.69, 9.17) is 15.9 Å². The van der Waals surface area contributed by atoms with Gasteiger partial charge in [0.05, 0.1) is 12.3 Å². The van der Waals surface area contributed by atoms with E-state index in [0.29, 0.717) is 38.2 Å². The Hall–Kier alpha value is -3.80. The van der Waals surface area contributed by atoms with Crippen LogP contribution < -0.4 is 10.1 Å². The molecule has 9 heteroatoms. The molecule has 210 valence electrons. The van der Waals surface area contributed by atoms with Crippen LogP contribution in [-0.4, -0.2) is 71.5 Å². The third kappa shape index (κ3) is 9.78. The monoisotopic (exact) mass is 537 g/mol. The number of nitrogens with one attached hydrogen (secondary N) is 1. The number of allylic oxidation sites excluding steroid dienone is 1. The van der Waals surface area contributed by atoms with Crippen LogP contribution in [0.4, 0.5) is 4.79 Å². The normalized spacial score (nSPS) is 19.2. The SMILES string of the molecule is C#C[C@H](CC(=O)Oc1ccccc1)NC(=O)[C@@H]1CCCN(C(=O)/C=C/C2CCN(C(=O)OC(C)(C)C)CC2)C1. The predicted octanol–water partition coefficient (Wildman–Crippen LogP) is 3.54. The number of nitrogens with zero attached hydrogens (tertiary/aromatic N) is 2. The fourth-order valence-corrected chi connectivity index (χ4v) is 4.59. The molecule has 1 aromatic rings. The maximum atomic E-state index is 12.9. The lowest BCUT2D eigenvalue weighted by molar-refractivity contribution is -0.135. The number of hydrogen-bond acceptors (Lipinski definition) is 6. The Labute approximate surface area is 230 Å². The molecule has 39 heavy (non-hydrogen) atoms. The number of ether oxygens (including phenoxy) is 2. The lowest BCUT2D eigenvalue weighted by atomic mass is 9.95. The van der Waals surface area contributed by atoms with Crippen molar-refractivity contribution in [3.8, 4) is 18.1 Å². The van der Waals surface area contributed by atoms with Gasteiger partial charge in [0.1, 0.15) is 17.4 Å². The number of amides is 3. The van der Waals surface area contributed by atoms with E-state index in [-0.39, 0.29) is 36.8 Å². The van der Waals surface area contributed by atoms with Crippen molar-refractivity contribution in [2.75, 3.05) is 26.2 Å². The number of esters is 1. The first-order valence-corrected chi connectivity index (χ1v) is 13.5. The number of rotatable bonds is 7. The van der Waals surface area contributed by atoms with E-state index in [0.717, 1.165) is 12.8 Å². The van der Waals surface area contributed by atoms with Gasteiger partial charge in [-0.1, -0.05) is 30.2 Å². The highest BCUT2D eigenvalue weighted by Gasteiger charge is 2.30. The van der Waals surface area contributed by atoms with E-state index in [1.54, 1.807) is 40.1 Å². The summed E-state index contributed by atoms with van der Waals surface area (Å²) in [6.07, 6.45) is 11.4. The first-order valence-electron chi connectivity index (χ1n) is 13.5. The average molecular weight is 538 g/mol. The number of piperidine rings is 2. The second-order valence-electron chi connectivity index (χ2n) is 11.0. The highest BCUT2D eigenvalue weighted by Crippen LogP contribution is 2.22. The minimum absolute atomic E-state index is 0.137. The van der Waals surface area contributed by atoms with Gasteiger partial charge in [-0.3, -0.25) is 14.4 Å². The van der Waals surface area contributed by atoms with Gasteiger partial charge in [0.25, 0.3) is 0 Å². The van der Waals surface area contributed by atoms with E-state index in [1.165, 1.54) is 0 Å². The molecule has 9 nitrogen and oxygen atoms in total. The van der Waals surface area contributed by atoms with Crippen LogP contribution in [-0.2, 0) is 19.1 Å². The molecule has 0 radical (unpaired) electrons. The summed E-state index contributed by atoms with van der Waals surface area (Å²) in [5, 5.41) is 2.75. The van der Waals surface area contributed by atoms with E-state index in [2.05, 4.69) is 11.2 Å². The summed E-state index contributed by atoms with van der Waals surface area (Å²) in [6.45, 7) is 7.56. The first-order chi connectivity index (χ1) is 18.5. The highest BCUT2D eigenvalue weighted by atomic mass is 16.6. The van der Waals surface area contributed by atoms with E-state index >= 15 is 0 Å². The topological polar surface area (TPSA) is 105 Å². The van der Waals surface area contributed by atoms with Crippen LogP contribution in [0.3, 0.4) is 0 Å². The van der Waals surface area contributed by atoms with Crippen LogP contribution in [0, 0.1) is 24.2 Å². The third-order valence-corrected chi connectivity index (χ3v) is 6.67. The molecule has 0 saturated carbocycles. The lowest BCUT2D eigenvalue weighted by Crippen LogP contribution is -2.47. The van der Waals surface area contributed by atoms with Crippen molar-refractivity contribution in [1.82, 2.24) is 15.1 Å². The molecular weight excluding hydrogens is 498 g/mol. The summed E-state index contributed by atoms with van der Waals surface area (Å²) in [4.78, 5) is 53.6. The van der Waals surface area contributed by atoms with Crippen molar-refractivity contribution >= 4 is 23.9 Å². The molecule has 1 N–H and O–H groups in total. The predicted molar refractivity (Wildman–Crippen MR) is 146 cm³/mol. The molecule has 0 spiro atoms. The molecule has 2 aliphatic heterocycles. The fourth-order valence-electron chi connectivity index (χ4n) is 4.59. The summed E-state index contributed by atoms with van der Waals surface area (Å²) >= 11 is 0. The lowest BCUT2D eigenvalue weighted by Gasteiger charge is -2.33. The van der Waals surface area contributed by atoms with Gasteiger partial charge in [0.15, 0.2) is 0 Å². The minimum atomic E-state index is -0.800. The number of para-hydroxylation sites is 1. The zero-order valence-electron chi connectivity index (χ0n) is 23.1. The summed E-state index contributed by atoms with van der Waals surface area (Å²) in [5.74, 6) is 1.69. The second kappa shape index (κ2) is 13.8. The quantitative estimate of drug-likeness (QED) is 0.247. The smallest absolute Gasteiger partial charge is 0.410 e. The summed E-state index contributed by atoms with van der Waals surface area (Å²) in [6, 6.07) is 7.85. The Bertz CT molecular complexity index is 1080. The third-order valence-electron chi connectivity index (χ3n) is 6.67. The molecule has 1 aromatic carbocycles. The molecule has 0 bridgehead atoms. The molecular formula is C30H39N3O6. The Morgan fingerprint density at radius 2 is 1.77 bits per heavy atom. The van der Waals surface area contributed by atoms with Gasteiger partial charge >= 0.3 is 12.1 Å². The molecule has 3 rings (SSSR count). The van der Waals surface area contributed by atoms with Crippen molar-refractivity contribution < 1.29 is 28.7 Å². The maximum Gasteiger partial charge on any atom is 0.410 e. The zero-order chi connectivity index (χ0) is 28.4. The minimum Gasteiger partial charge on any atom is -0.444 e. The van der Waals surface area contributed by atoms with Crippen molar-refractivity contribution in [2.45, 2.75) is 64.5 Å². The van der Waals surface area contributed by atoms with Gasteiger partial charge in [-0.25, -0.2) is 4.79 Å². The second-order valence-corrected chi connectivity index (χ2v) is 11.0. The van der Waals surface area contributed by atoms with Crippen LogP contribution in [0.15, 0.2) is 42.5 Å². The number of carbonyl (C=O) groups excluding carboxylic acids is 4. The molecule has 0 unspecified atom stereocenters. The molecule has 2 atom stereocenters. The van der Waals surface area contributed by atoms with Gasteiger partial charge in [0, 0.05) is 26.2 Å². The van der Waals surface area contributed by atoms with E-state index in [9.17, 15) is 19.2 Å². The molecule has 0 aliphatic carbocycles. The Balaban J connectivity index is 1.44. The van der Waals surface area contributed by atoms with E-state index < -0.39 is 23.5 Å². The van der Waals surface area contributed by atoms with Gasteiger partial charge in [-0.2, -0.15) is 0 Å². The Morgan fingerprint density at radius 1 is 1.08 bits per heavy atom. The number of carbonyl (C=O) groups is 4. The van der Waals surface area contributed by atoms with Crippen LogP contribution in [0.2, 0.25) is 0 Å². The Morgan fingerprint density at radius 3 is 2.41 bits per heavy atom. The molecule has 2 heterocycles. The van der Waals surface area contributed by atoms with E-state index in [1.807, 2.05) is 32.9 Å². The average Bonchev–Trinajstić information content (AvgIpc) is 2.91. The summed E-state index contributed by atoms with van der Waals surface area (Å²) in [7, 11) is 0. The number of hydrogen-bond donors (Lipinski definition) is 1. The zero-order valence-corrected chi connectivity index (χ0v) is 23.1. The number of benzene rings is 1. The van der Waals surface area contributed by atoms with Crippen molar-refractivity contribution in [3.63, 3.8) is 0 Å². The molecule has 2 saturated heterocycles. The van der Waals surface area contributed by atoms with Gasteiger partial charge < -0.3 is 24.6 Å². The molecule has 0 aromatic heterocycles. The van der Waals surface area contributed by atoms with Gasteiger partial charge in [-0.15, -0.1) is 6.42 Å². The maximum absolute atomic E-state index is 12.9. The van der Waals surface area contributed by atoms with Crippen LogP contribution in [0.1, 0.15) is 52.9 Å². The summed E-state index contributed by atoms with van der Waals surface area (Å²) < 4.78 is 10.7. The van der Waals surface area contributed by atoms with Gasteiger partial charge in [-0.05, 0) is 70.6 Å². The van der Waals surface area contributed by atoms with Crippen molar-refractivity contribution in [3.05, 3.63) is 42.5 Å². The van der Waals surface area contributed by atoms with Crippen LogP contribution in [0.5, 0.6) is 5.75 Å². The van der Waals surface area contributed by atoms with Crippen LogP contribution in [0.25, 0.3) is 0 Å². The highest BCUT2D eigenvalue weighted by molar-refractivity contribution is 5.88. The van der Waals surface area contributed by atoms with Crippen LogP contribution >= 0.6 is 0 Å². The van der Waals surface area contributed by atoms with Crippen molar-refractivity contribution in [2.24, 2.45) is 11.8 Å². The Kier molecular flexibility index (Phi) is 10.6. The molecule has 2 aliphatic rings. The summed E-state index contributed by atoms with van der Waals surface area (Å²) in [5.41, 5.74) is -0.528. The molecule has 3 amide bonds. The van der Waals surface area contributed by atoms with Crippen molar-refractivity contribution in [1.29, 1.82) is 0 Å². The van der Waals surface area contributed by atoms with Gasteiger partial charge in [0.2, 0.25) is 11.8 Å². The first kappa shape index (κ1) is 29.8.